The minimum absolute atomic E-state index is 0.0328. The van der Waals surface area contributed by atoms with E-state index in [-0.39, 0.29) is 24.1 Å². The van der Waals surface area contributed by atoms with E-state index in [2.05, 4.69) is 9.97 Å². The largest absolute Gasteiger partial charge is 0.484 e. The Morgan fingerprint density at radius 3 is 2.89 bits per heavy atom. The summed E-state index contributed by atoms with van der Waals surface area (Å²) in [4.78, 5) is 34.3. The van der Waals surface area contributed by atoms with Crippen molar-refractivity contribution in [3.05, 3.63) is 69.4 Å². The quantitative estimate of drug-likeness (QED) is 0.716. The van der Waals surface area contributed by atoms with Crippen LogP contribution in [0.5, 0.6) is 5.75 Å². The van der Waals surface area contributed by atoms with E-state index >= 15 is 0 Å². The number of nitrogens with one attached hydrogen (secondary N) is 1. The number of hydrogen-bond acceptors (Lipinski definition) is 5. The summed E-state index contributed by atoms with van der Waals surface area (Å²) in [6.07, 6.45) is 2.69. The number of H-pyrrole nitrogens is 1. The van der Waals surface area contributed by atoms with Gasteiger partial charge in [0, 0.05) is 23.6 Å². The Hall–Kier alpha value is -2.93. The van der Waals surface area contributed by atoms with Crippen LogP contribution in [-0.4, -0.2) is 33.9 Å². The molecule has 0 saturated carbocycles. The topological polar surface area (TPSA) is 75.3 Å². The van der Waals surface area contributed by atoms with Gasteiger partial charge in [-0.2, -0.15) is 11.3 Å². The van der Waals surface area contributed by atoms with Crippen molar-refractivity contribution in [2.75, 3.05) is 13.2 Å². The second kappa shape index (κ2) is 8.39. The zero-order valence-electron chi connectivity index (χ0n) is 15.3. The summed E-state index contributed by atoms with van der Waals surface area (Å²) in [5.74, 6) is 1.11. The third-order valence-electron chi connectivity index (χ3n) is 4.82. The van der Waals surface area contributed by atoms with E-state index in [1.807, 2.05) is 47.2 Å². The normalized spacial score (nSPS) is 16.7. The van der Waals surface area contributed by atoms with Gasteiger partial charge in [0.2, 0.25) is 0 Å². The molecule has 28 heavy (non-hydrogen) atoms. The second-order valence-electron chi connectivity index (χ2n) is 6.73. The molecule has 0 spiro atoms. The Kier molecular flexibility index (Phi) is 5.53. The maximum absolute atomic E-state index is 12.8. The second-order valence-corrected chi connectivity index (χ2v) is 7.51. The van der Waals surface area contributed by atoms with E-state index in [1.54, 1.807) is 16.2 Å². The Morgan fingerprint density at radius 1 is 1.25 bits per heavy atom. The molecule has 0 bridgehead atoms. The Balaban J connectivity index is 1.55. The fraction of sp³-hybridized carbons (Fsp3) is 0.286. The lowest BCUT2D eigenvalue weighted by atomic mass is 10.0. The number of aromatic nitrogens is 2. The van der Waals surface area contributed by atoms with Crippen LogP contribution >= 0.6 is 11.3 Å². The van der Waals surface area contributed by atoms with E-state index in [0.29, 0.717) is 23.8 Å². The zero-order chi connectivity index (χ0) is 19.3. The number of likely N-dealkylation sites (tertiary alicyclic amines) is 1. The lowest BCUT2D eigenvalue weighted by molar-refractivity contribution is -0.137. The summed E-state index contributed by atoms with van der Waals surface area (Å²) < 4.78 is 5.63. The van der Waals surface area contributed by atoms with Gasteiger partial charge in [0.1, 0.15) is 11.6 Å². The number of amides is 1. The molecule has 1 aliphatic rings. The van der Waals surface area contributed by atoms with Crippen molar-refractivity contribution in [3.63, 3.8) is 0 Å². The molecule has 1 saturated heterocycles. The zero-order valence-corrected chi connectivity index (χ0v) is 16.2. The summed E-state index contributed by atoms with van der Waals surface area (Å²) in [6.45, 7) is 0.600. The van der Waals surface area contributed by atoms with E-state index in [4.69, 9.17) is 4.74 Å². The van der Waals surface area contributed by atoms with Crippen molar-refractivity contribution in [1.82, 2.24) is 14.9 Å². The van der Waals surface area contributed by atoms with Gasteiger partial charge in [-0.3, -0.25) is 9.59 Å². The van der Waals surface area contributed by atoms with E-state index in [1.165, 1.54) is 6.07 Å². The van der Waals surface area contributed by atoms with Crippen LogP contribution in [0.25, 0.3) is 11.3 Å². The molecule has 3 aromatic rings. The maximum Gasteiger partial charge on any atom is 0.261 e. The molecule has 4 rings (SSSR count). The molecule has 7 heteroatoms. The number of aromatic amines is 1. The van der Waals surface area contributed by atoms with E-state index < -0.39 is 0 Å². The number of para-hydroxylation sites is 1. The first kappa shape index (κ1) is 18.4. The van der Waals surface area contributed by atoms with Crippen LogP contribution in [-0.2, 0) is 4.79 Å². The number of piperidine rings is 1. The molecule has 1 N–H and O–H groups in total. The molecule has 1 atom stereocenters. The molecule has 1 unspecified atom stereocenters. The van der Waals surface area contributed by atoms with Crippen LogP contribution in [0.1, 0.15) is 31.1 Å². The molecule has 1 fully saturated rings. The summed E-state index contributed by atoms with van der Waals surface area (Å²) in [5, 5.41) is 3.91. The van der Waals surface area contributed by atoms with Gasteiger partial charge in [-0.15, -0.1) is 0 Å². The number of thiophene rings is 1. The van der Waals surface area contributed by atoms with Crippen molar-refractivity contribution in [2.24, 2.45) is 0 Å². The summed E-state index contributed by atoms with van der Waals surface area (Å²) in [6, 6.07) is 12.5. The van der Waals surface area contributed by atoms with E-state index in [9.17, 15) is 9.59 Å². The monoisotopic (exact) mass is 395 g/mol. The van der Waals surface area contributed by atoms with Crippen molar-refractivity contribution < 1.29 is 9.53 Å². The SMILES string of the molecule is O=C(COc1ccccc1)N1CCCCC1c1nc(-c2ccsc2)cc(=O)[nH]1. The number of carbonyl (C=O) groups excluding carboxylic acids is 1. The summed E-state index contributed by atoms with van der Waals surface area (Å²) >= 11 is 1.56. The Bertz CT molecular complexity index is 986. The van der Waals surface area contributed by atoms with Crippen LogP contribution in [0, 0.1) is 0 Å². The maximum atomic E-state index is 12.8. The van der Waals surface area contributed by atoms with Crippen molar-refractivity contribution in [1.29, 1.82) is 0 Å². The van der Waals surface area contributed by atoms with Crippen molar-refractivity contribution in [2.45, 2.75) is 25.3 Å². The number of ether oxygens (including phenoxy) is 1. The van der Waals surface area contributed by atoms with Gasteiger partial charge >= 0.3 is 0 Å². The minimum Gasteiger partial charge on any atom is -0.484 e. The lowest BCUT2D eigenvalue weighted by Gasteiger charge is -2.35. The number of nitrogens with zero attached hydrogens (tertiary/aromatic N) is 2. The van der Waals surface area contributed by atoms with Crippen molar-refractivity contribution in [3.8, 4) is 17.0 Å². The van der Waals surface area contributed by atoms with Gasteiger partial charge < -0.3 is 14.6 Å². The number of hydrogen-bond donors (Lipinski definition) is 1. The number of benzene rings is 1. The lowest BCUT2D eigenvalue weighted by Crippen LogP contribution is -2.42. The van der Waals surface area contributed by atoms with Crippen LogP contribution in [0.4, 0.5) is 0 Å². The van der Waals surface area contributed by atoms with Crippen LogP contribution in [0.15, 0.2) is 58.0 Å². The van der Waals surface area contributed by atoms with Gasteiger partial charge in [-0.25, -0.2) is 4.98 Å². The molecular formula is C21H21N3O3S. The molecule has 1 amide bonds. The molecule has 144 valence electrons. The third kappa shape index (κ3) is 4.14. The minimum atomic E-state index is -0.244. The first-order chi connectivity index (χ1) is 13.7. The summed E-state index contributed by atoms with van der Waals surface area (Å²) in [7, 11) is 0. The average molecular weight is 395 g/mol. The first-order valence-corrected chi connectivity index (χ1v) is 10.3. The molecule has 1 aromatic carbocycles. The highest BCUT2D eigenvalue weighted by atomic mass is 32.1. The van der Waals surface area contributed by atoms with Gasteiger partial charge in [0.05, 0.1) is 11.7 Å². The van der Waals surface area contributed by atoms with Gasteiger partial charge in [-0.05, 0) is 42.8 Å². The molecular weight excluding hydrogens is 374 g/mol. The van der Waals surface area contributed by atoms with Crippen LogP contribution < -0.4 is 10.3 Å². The predicted molar refractivity (Wildman–Crippen MR) is 108 cm³/mol. The molecule has 2 aromatic heterocycles. The first-order valence-electron chi connectivity index (χ1n) is 9.32. The van der Waals surface area contributed by atoms with Crippen LogP contribution in [0.3, 0.4) is 0 Å². The third-order valence-corrected chi connectivity index (χ3v) is 5.50. The molecule has 3 heterocycles. The van der Waals surface area contributed by atoms with Crippen molar-refractivity contribution >= 4 is 17.2 Å². The summed E-state index contributed by atoms with van der Waals surface area (Å²) in [5.41, 5.74) is 1.35. The highest BCUT2D eigenvalue weighted by Crippen LogP contribution is 2.30. The highest BCUT2D eigenvalue weighted by Gasteiger charge is 2.30. The molecule has 1 aliphatic heterocycles. The highest BCUT2D eigenvalue weighted by molar-refractivity contribution is 7.08. The average Bonchev–Trinajstić information content (AvgIpc) is 3.27. The van der Waals surface area contributed by atoms with Gasteiger partial charge in [0.15, 0.2) is 6.61 Å². The van der Waals surface area contributed by atoms with Gasteiger partial charge in [-0.1, -0.05) is 18.2 Å². The standard InChI is InChI=1S/C21H21N3O3S/c25-19-12-17(15-9-11-28-14-15)22-21(23-19)18-8-4-5-10-24(18)20(26)13-27-16-6-2-1-3-7-16/h1-3,6-7,9,11-12,14,18H,4-5,8,10,13H2,(H,22,23,25). The molecule has 6 nitrogen and oxygen atoms in total. The number of carbonyl (C=O) groups is 1. The fourth-order valence-electron chi connectivity index (χ4n) is 3.45. The van der Waals surface area contributed by atoms with E-state index in [0.717, 1.165) is 24.8 Å². The molecule has 0 aliphatic carbocycles. The Morgan fingerprint density at radius 2 is 2.11 bits per heavy atom. The van der Waals surface area contributed by atoms with Gasteiger partial charge in [0.25, 0.3) is 11.5 Å². The smallest absolute Gasteiger partial charge is 0.261 e. The fourth-order valence-corrected chi connectivity index (χ4v) is 4.10. The number of rotatable bonds is 5. The predicted octanol–water partition coefficient (Wildman–Crippen LogP) is 3.63. The van der Waals surface area contributed by atoms with Crippen LogP contribution in [0.2, 0.25) is 0 Å². The molecule has 0 radical (unpaired) electrons. The Labute approximate surface area is 166 Å².